The number of ketones is 1. The first-order valence-electron chi connectivity index (χ1n) is 22.4. The SMILES string of the molecule is CC[C@H]1OC(=O)[C@H](C)C(OC2CC(C)(OC)C(O)[C@H](C)O2)[C@H](C)C(OC2O[C@H](C)CC(NC)C2O)C(C)(OC)CC(C)C(=O)C(C)C2N(CCc3ccc(Cl)c(Cl)c3)C(=O)OC21C. The first kappa shape index (κ1) is 51.8. The van der Waals surface area contributed by atoms with Gasteiger partial charge in [0.2, 0.25) is 0 Å². The number of esters is 1. The second-order valence-electron chi connectivity index (χ2n) is 19.0. The molecule has 0 spiro atoms. The Kier molecular flexibility index (Phi) is 17.1. The molecule has 0 aliphatic carbocycles. The van der Waals surface area contributed by atoms with Crippen LogP contribution in [-0.4, -0.2) is 145 Å². The Morgan fingerprint density at radius 3 is 2.17 bits per heavy atom. The van der Waals surface area contributed by atoms with E-state index >= 15 is 0 Å². The van der Waals surface area contributed by atoms with Gasteiger partial charge in [-0.1, -0.05) is 57.0 Å². The molecule has 4 heterocycles. The highest BCUT2D eigenvalue weighted by Gasteiger charge is 2.61. The molecule has 0 aromatic heterocycles. The Bertz CT molecular complexity index is 1760. The number of hydrogen-bond donors (Lipinski definition) is 3. The summed E-state index contributed by atoms with van der Waals surface area (Å²) in [6.45, 7) is 18.1. The number of hydrogen-bond acceptors (Lipinski definition) is 14. The smallest absolute Gasteiger partial charge is 0.410 e. The number of methoxy groups -OCH3 is 2. The second-order valence-corrected chi connectivity index (χ2v) is 19.8. The Hall–Kier alpha value is -2.15. The van der Waals surface area contributed by atoms with Crippen LogP contribution in [-0.2, 0) is 53.9 Å². The van der Waals surface area contributed by atoms with Gasteiger partial charge in [-0.25, -0.2) is 4.79 Å². The number of carbonyl (C=O) groups is 3. The maximum absolute atomic E-state index is 15.0. The molecule has 358 valence electrons. The number of amides is 1. The third-order valence-electron chi connectivity index (χ3n) is 14.5. The van der Waals surface area contributed by atoms with Gasteiger partial charge in [0.05, 0.1) is 57.6 Å². The van der Waals surface area contributed by atoms with Gasteiger partial charge in [-0.05, 0) is 92.0 Å². The molecule has 4 aliphatic heterocycles. The molecule has 5 rings (SSSR count). The lowest BCUT2D eigenvalue weighted by molar-refractivity contribution is -0.317. The van der Waals surface area contributed by atoms with Gasteiger partial charge in [0.25, 0.3) is 0 Å². The summed E-state index contributed by atoms with van der Waals surface area (Å²) in [6, 6.07) is 4.05. The van der Waals surface area contributed by atoms with E-state index in [1.165, 1.54) is 14.2 Å². The normalized spacial score (nSPS) is 43.2. The van der Waals surface area contributed by atoms with Crippen molar-refractivity contribution in [1.82, 2.24) is 10.2 Å². The number of carbonyl (C=O) groups excluding carboxylic acids is 3. The standard InChI is InChI=1S/C46H72Cl2N2O13/c1-14-33-46(10)38(50(43(55)63-46)18-17-29-15-16-30(47)31(48)20-29)25(4)35(51)23(2)21-45(9,57-13)40(62-42-36(52)32(49-11)19-24(3)58-42)26(5)37(27(6)41(54)60-33)61-34-22-44(8,56-12)39(53)28(7)59-34/h15-16,20,23-28,32-34,36-40,42,49,52-53H,14,17-19,21-22H2,1-13H3/t23?,24-,25?,26+,27-,28+,32?,33-,34?,36?,37?,38?,39?,40?,42?,44?,45?,46?/m1/s1. The van der Waals surface area contributed by atoms with E-state index in [1.807, 2.05) is 40.7 Å². The fraction of sp³-hybridized carbons (Fsp3) is 0.804. The minimum atomic E-state index is -1.46. The van der Waals surface area contributed by atoms with Crippen molar-refractivity contribution in [2.75, 3.05) is 27.8 Å². The maximum atomic E-state index is 15.0. The molecule has 0 saturated carbocycles. The fourth-order valence-electron chi connectivity index (χ4n) is 10.6. The Morgan fingerprint density at radius 1 is 0.905 bits per heavy atom. The average molecular weight is 932 g/mol. The van der Waals surface area contributed by atoms with Crippen LogP contribution < -0.4 is 5.32 Å². The van der Waals surface area contributed by atoms with Crippen LogP contribution >= 0.6 is 23.2 Å². The minimum absolute atomic E-state index is 0.119. The number of cyclic esters (lactones) is 1. The van der Waals surface area contributed by atoms with Crippen LogP contribution in [0.15, 0.2) is 18.2 Å². The second kappa shape index (κ2) is 20.8. The molecule has 4 fully saturated rings. The van der Waals surface area contributed by atoms with Crippen LogP contribution in [0.5, 0.6) is 0 Å². The number of nitrogens with zero attached hydrogens (tertiary/aromatic N) is 1. The van der Waals surface area contributed by atoms with Crippen molar-refractivity contribution in [2.24, 2.45) is 23.7 Å². The number of ether oxygens (including phenoxy) is 8. The van der Waals surface area contributed by atoms with Gasteiger partial charge < -0.3 is 53.4 Å². The maximum Gasteiger partial charge on any atom is 0.410 e. The molecule has 1 aromatic carbocycles. The van der Waals surface area contributed by atoms with Crippen molar-refractivity contribution >= 4 is 41.0 Å². The number of nitrogens with one attached hydrogen (secondary N) is 1. The lowest BCUT2D eigenvalue weighted by atomic mass is 9.73. The number of fused-ring (bicyclic) bond motifs is 1. The number of Topliss-reactive ketones (excluding diaryl/α,β-unsaturated/α-hetero) is 1. The van der Waals surface area contributed by atoms with Gasteiger partial charge in [-0.2, -0.15) is 0 Å². The summed E-state index contributed by atoms with van der Waals surface area (Å²) in [4.78, 5) is 45.4. The van der Waals surface area contributed by atoms with Gasteiger partial charge in [-0.15, -0.1) is 0 Å². The molecule has 18 atom stereocenters. The van der Waals surface area contributed by atoms with Gasteiger partial charge in [0.15, 0.2) is 18.2 Å². The number of aliphatic hydroxyl groups excluding tert-OH is 2. The van der Waals surface area contributed by atoms with Crippen LogP contribution in [0.1, 0.15) is 100 Å². The summed E-state index contributed by atoms with van der Waals surface area (Å²) >= 11 is 12.5. The Morgan fingerprint density at radius 2 is 1.57 bits per heavy atom. The van der Waals surface area contributed by atoms with E-state index in [0.717, 1.165) is 5.56 Å². The predicted octanol–water partition coefficient (Wildman–Crippen LogP) is 6.11. The number of rotatable bonds is 11. The summed E-state index contributed by atoms with van der Waals surface area (Å²) < 4.78 is 51.2. The number of benzene rings is 1. The van der Waals surface area contributed by atoms with Crippen LogP contribution in [0.2, 0.25) is 10.0 Å². The van der Waals surface area contributed by atoms with E-state index in [9.17, 15) is 24.6 Å². The molecule has 4 aliphatic rings. The molecule has 13 unspecified atom stereocenters. The summed E-state index contributed by atoms with van der Waals surface area (Å²) in [7, 11) is 4.81. The molecule has 63 heavy (non-hydrogen) atoms. The van der Waals surface area contributed by atoms with Crippen LogP contribution in [0.25, 0.3) is 0 Å². The molecule has 1 aromatic rings. The monoisotopic (exact) mass is 930 g/mol. The molecule has 3 N–H and O–H groups in total. The summed E-state index contributed by atoms with van der Waals surface area (Å²) in [5.74, 6) is -4.03. The quantitative estimate of drug-likeness (QED) is 0.216. The minimum Gasteiger partial charge on any atom is -0.458 e. The van der Waals surface area contributed by atoms with Crippen molar-refractivity contribution in [3.63, 3.8) is 0 Å². The molecule has 17 heteroatoms. The molecule has 0 bridgehead atoms. The van der Waals surface area contributed by atoms with Crippen LogP contribution in [0.4, 0.5) is 4.79 Å². The van der Waals surface area contributed by atoms with E-state index < -0.39 is 108 Å². The molecular weight excluding hydrogens is 859 g/mol. The van der Waals surface area contributed by atoms with Crippen LogP contribution in [0, 0.1) is 23.7 Å². The van der Waals surface area contributed by atoms with Gasteiger partial charge >= 0.3 is 12.1 Å². The van der Waals surface area contributed by atoms with Gasteiger partial charge in [0.1, 0.15) is 24.1 Å². The Balaban J connectivity index is 1.62. The third-order valence-corrected chi connectivity index (χ3v) is 15.2. The van der Waals surface area contributed by atoms with Crippen LogP contribution in [0.3, 0.4) is 0 Å². The zero-order valence-corrected chi connectivity index (χ0v) is 40.7. The number of likely N-dealkylation sites (N-methyl/N-ethyl adjacent to an activating group) is 1. The zero-order valence-electron chi connectivity index (χ0n) is 39.2. The van der Waals surface area contributed by atoms with Crippen molar-refractivity contribution in [1.29, 1.82) is 0 Å². The number of halogens is 2. The predicted molar refractivity (Wildman–Crippen MR) is 235 cm³/mol. The van der Waals surface area contributed by atoms with Gasteiger partial charge in [-0.3, -0.25) is 14.5 Å². The Labute approximate surface area is 383 Å². The summed E-state index contributed by atoms with van der Waals surface area (Å²) in [6.07, 6.45) is -7.34. The average Bonchev–Trinajstić information content (AvgIpc) is 3.51. The van der Waals surface area contributed by atoms with Crippen molar-refractivity contribution in [2.45, 2.75) is 186 Å². The topological polar surface area (TPSA) is 181 Å². The largest absolute Gasteiger partial charge is 0.458 e. The summed E-state index contributed by atoms with van der Waals surface area (Å²) in [5.41, 5.74) is -2.95. The highest BCUT2D eigenvalue weighted by Crippen LogP contribution is 2.45. The van der Waals surface area contributed by atoms with Crippen molar-refractivity contribution in [3.8, 4) is 0 Å². The molecule has 15 nitrogen and oxygen atoms in total. The fourth-order valence-corrected chi connectivity index (χ4v) is 10.9. The summed E-state index contributed by atoms with van der Waals surface area (Å²) in [5, 5.41) is 26.6. The molecular formula is C46H72Cl2N2O13. The van der Waals surface area contributed by atoms with E-state index in [2.05, 4.69) is 5.32 Å². The number of aliphatic hydroxyl groups is 2. The molecule has 1 amide bonds. The lowest BCUT2D eigenvalue weighted by Gasteiger charge is -2.49. The first-order valence-corrected chi connectivity index (χ1v) is 23.2. The molecule has 0 radical (unpaired) electrons. The highest BCUT2D eigenvalue weighted by atomic mass is 35.5. The third kappa shape index (κ3) is 10.7. The van der Waals surface area contributed by atoms with E-state index in [4.69, 9.17) is 61.1 Å². The van der Waals surface area contributed by atoms with Crippen molar-refractivity contribution in [3.05, 3.63) is 33.8 Å². The highest BCUT2D eigenvalue weighted by molar-refractivity contribution is 6.42. The van der Waals surface area contributed by atoms with E-state index in [-0.39, 0.29) is 43.7 Å². The van der Waals surface area contributed by atoms with Gasteiger partial charge in [0, 0.05) is 51.0 Å². The van der Waals surface area contributed by atoms with E-state index in [1.54, 1.807) is 58.7 Å². The first-order chi connectivity index (χ1) is 29.5. The molecule has 4 saturated heterocycles. The van der Waals surface area contributed by atoms with Crippen molar-refractivity contribution < 1.29 is 62.5 Å². The lowest BCUT2D eigenvalue weighted by Crippen LogP contribution is -2.61. The zero-order chi connectivity index (χ0) is 46.9. The van der Waals surface area contributed by atoms with E-state index in [0.29, 0.717) is 22.9 Å².